The van der Waals surface area contributed by atoms with Crippen LogP contribution in [0, 0.1) is 11.6 Å². The average molecular weight is 283 g/mol. The number of rotatable bonds is 1. The van der Waals surface area contributed by atoms with Crippen molar-refractivity contribution in [2.75, 3.05) is 0 Å². The summed E-state index contributed by atoms with van der Waals surface area (Å²) in [7, 11) is 0. The topological polar surface area (TPSA) is 17.1 Å². The maximum absolute atomic E-state index is 12.8. The van der Waals surface area contributed by atoms with Gasteiger partial charge in [0.25, 0.3) is 0 Å². The van der Waals surface area contributed by atoms with E-state index in [4.69, 9.17) is 0 Å². The second kappa shape index (κ2) is 3.54. The van der Waals surface area contributed by atoms with Gasteiger partial charge in [-0.15, -0.1) is 0 Å². The van der Waals surface area contributed by atoms with E-state index in [0.717, 1.165) is 6.07 Å². The van der Waals surface area contributed by atoms with Crippen LogP contribution in [-0.4, -0.2) is 15.7 Å². The molecule has 1 aromatic carbocycles. The van der Waals surface area contributed by atoms with Gasteiger partial charge in [-0.25, -0.2) is 0 Å². The van der Waals surface area contributed by atoms with Crippen molar-refractivity contribution in [3.63, 3.8) is 0 Å². The summed E-state index contributed by atoms with van der Waals surface area (Å²) in [5.74, 6) is -1.51. The quantitative estimate of drug-likeness (QED) is 0.562. The Morgan fingerprint density at radius 3 is 2.45 bits per heavy atom. The zero-order valence-corrected chi connectivity index (χ0v) is 8.61. The maximum atomic E-state index is 12.8. The van der Waals surface area contributed by atoms with E-state index in [1.165, 1.54) is 6.07 Å². The van der Waals surface area contributed by atoms with Gasteiger partial charge in [-0.3, -0.25) is 0 Å². The molecule has 0 spiro atoms. The zero-order chi connectivity index (χ0) is 8.43. The van der Waals surface area contributed by atoms with E-state index in [1.54, 1.807) is 0 Å². The van der Waals surface area contributed by atoms with Crippen molar-refractivity contribution in [2.45, 2.75) is 0 Å². The van der Waals surface area contributed by atoms with Crippen LogP contribution in [0.15, 0.2) is 16.6 Å². The molecule has 0 aliphatic carbocycles. The number of hydrogen-bond acceptors (Lipinski definition) is 1. The molecule has 0 amide bonds. The van der Waals surface area contributed by atoms with Crippen LogP contribution in [-0.2, 0) is 3.74 Å². The fraction of sp³-hybridized carbons (Fsp3) is 0. The normalized spacial score (nSPS) is 10.5. The molecule has 0 heterocycles. The summed E-state index contributed by atoms with van der Waals surface area (Å²) in [5.41, 5.74) is 0. The third-order valence-electron chi connectivity index (χ3n) is 1.11. The van der Waals surface area contributed by atoms with Crippen LogP contribution in [0.1, 0.15) is 0 Å². The second-order valence-electron chi connectivity index (χ2n) is 1.78. The molecule has 0 fully saturated rings. The average Bonchev–Trinajstić information content (AvgIpc) is 1.99. The molecule has 0 radical (unpaired) electrons. The summed E-state index contributed by atoms with van der Waals surface area (Å²) in [4.78, 5) is 0. The summed E-state index contributed by atoms with van der Waals surface area (Å²) in [6.07, 6.45) is 0. The Labute approximate surface area is 76.8 Å². The molecule has 58 valence electrons. The Bertz CT molecular complexity index is 303. The van der Waals surface area contributed by atoms with Crippen molar-refractivity contribution in [1.82, 2.24) is 0 Å². The summed E-state index contributed by atoms with van der Waals surface area (Å²) in [6, 6.07) is 2.32. The first-order valence-electron chi connectivity index (χ1n) is 2.63. The molecule has 0 saturated heterocycles. The van der Waals surface area contributed by atoms with Crippen molar-refractivity contribution in [2.24, 2.45) is 0 Å². The summed E-state index contributed by atoms with van der Waals surface area (Å²) < 4.78 is 35.5. The van der Waals surface area contributed by atoms with E-state index in [2.05, 4.69) is 15.9 Å². The van der Waals surface area contributed by atoms with E-state index in [0.29, 0.717) is 0 Å². The summed E-state index contributed by atoms with van der Waals surface area (Å²) in [6.45, 7) is 0. The van der Waals surface area contributed by atoms with Crippen LogP contribution in [0.25, 0.3) is 0 Å². The Balaban J connectivity index is 3.40. The van der Waals surface area contributed by atoms with E-state index < -0.39 is 27.3 Å². The molecule has 1 aromatic rings. The summed E-state index contributed by atoms with van der Waals surface area (Å²) in [5, 5.41) is 0. The molecule has 0 aliphatic heterocycles. The standard InChI is InChI=1S/C6H2AsBrF2O/c8-3-1-2-4(9)5(7-11)6(3)10/h1-2H. The first-order chi connectivity index (χ1) is 5.16. The van der Waals surface area contributed by atoms with Crippen LogP contribution < -0.4 is 4.35 Å². The van der Waals surface area contributed by atoms with Gasteiger partial charge in [0, 0.05) is 0 Å². The van der Waals surface area contributed by atoms with Crippen LogP contribution in [0.4, 0.5) is 8.78 Å². The fourth-order valence-electron chi connectivity index (χ4n) is 0.600. The first kappa shape index (κ1) is 9.01. The number of benzene rings is 1. The number of hydrogen-bond donors (Lipinski definition) is 0. The van der Waals surface area contributed by atoms with Gasteiger partial charge in [0.2, 0.25) is 0 Å². The SMILES string of the molecule is O=[As]c1c(F)ccc(Br)c1F. The van der Waals surface area contributed by atoms with Gasteiger partial charge in [0.15, 0.2) is 0 Å². The van der Waals surface area contributed by atoms with Gasteiger partial charge in [0.1, 0.15) is 0 Å². The van der Waals surface area contributed by atoms with E-state index >= 15 is 0 Å². The summed E-state index contributed by atoms with van der Waals surface area (Å²) >= 11 is 1.21. The van der Waals surface area contributed by atoms with E-state index in [9.17, 15) is 12.5 Å². The Hall–Kier alpha value is -0.0816. The van der Waals surface area contributed by atoms with Crippen molar-refractivity contribution >= 4 is 36.0 Å². The molecule has 0 N–H and O–H groups in total. The molecule has 0 aliphatic rings. The van der Waals surface area contributed by atoms with Gasteiger partial charge in [0.05, 0.1) is 0 Å². The molecule has 5 heteroatoms. The molecule has 0 bridgehead atoms. The van der Waals surface area contributed by atoms with E-state index in [-0.39, 0.29) is 8.82 Å². The third kappa shape index (κ3) is 1.74. The second-order valence-corrected chi connectivity index (χ2v) is 3.96. The van der Waals surface area contributed by atoms with Gasteiger partial charge < -0.3 is 0 Å². The van der Waals surface area contributed by atoms with Crippen LogP contribution in [0.5, 0.6) is 0 Å². The van der Waals surface area contributed by atoms with Crippen LogP contribution in [0.2, 0.25) is 0 Å². The number of halogens is 3. The molecule has 0 aromatic heterocycles. The molecule has 0 unspecified atom stereocenters. The Kier molecular flexibility index (Phi) is 2.90. The monoisotopic (exact) mass is 282 g/mol. The predicted octanol–water partition coefficient (Wildman–Crippen LogP) is 1.40. The van der Waals surface area contributed by atoms with Gasteiger partial charge >= 0.3 is 76.7 Å². The molecular formula is C6H2AsBrF2O. The molecule has 1 nitrogen and oxygen atoms in total. The van der Waals surface area contributed by atoms with Gasteiger partial charge in [-0.2, -0.15) is 0 Å². The van der Waals surface area contributed by atoms with Crippen molar-refractivity contribution in [3.05, 3.63) is 28.2 Å². The first-order valence-corrected chi connectivity index (χ1v) is 5.13. The molecule has 11 heavy (non-hydrogen) atoms. The molecular weight excluding hydrogens is 281 g/mol. The zero-order valence-electron chi connectivity index (χ0n) is 5.14. The minimum atomic E-state index is -1.65. The minimum absolute atomic E-state index is 0.139. The van der Waals surface area contributed by atoms with Crippen LogP contribution >= 0.6 is 15.9 Å². The van der Waals surface area contributed by atoms with Crippen molar-refractivity contribution in [3.8, 4) is 0 Å². The van der Waals surface area contributed by atoms with Gasteiger partial charge in [-0.05, 0) is 0 Å². The third-order valence-corrected chi connectivity index (χ3v) is 2.97. The Morgan fingerprint density at radius 2 is 2.00 bits per heavy atom. The van der Waals surface area contributed by atoms with Crippen molar-refractivity contribution < 1.29 is 12.5 Å². The molecule has 0 saturated carbocycles. The van der Waals surface area contributed by atoms with Crippen LogP contribution in [0.3, 0.4) is 0 Å². The molecule has 1 rings (SSSR count). The van der Waals surface area contributed by atoms with E-state index in [1.807, 2.05) is 0 Å². The predicted molar refractivity (Wildman–Crippen MR) is 40.1 cm³/mol. The molecule has 0 atom stereocenters. The fourth-order valence-corrected chi connectivity index (χ4v) is 2.02. The van der Waals surface area contributed by atoms with Crippen molar-refractivity contribution in [1.29, 1.82) is 0 Å². The van der Waals surface area contributed by atoms with Gasteiger partial charge in [-0.1, -0.05) is 0 Å². The Morgan fingerprint density at radius 1 is 1.36 bits per heavy atom.